The molecule has 0 spiro atoms. The number of anilines is 1. The van der Waals surface area contributed by atoms with Crippen molar-refractivity contribution in [1.29, 1.82) is 0 Å². The van der Waals surface area contributed by atoms with Gasteiger partial charge in [-0.05, 0) is 13.8 Å². The molecule has 0 bridgehead atoms. The van der Waals surface area contributed by atoms with Crippen LogP contribution in [0.3, 0.4) is 0 Å². The van der Waals surface area contributed by atoms with Crippen LogP contribution < -0.4 is 10.2 Å². The maximum atomic E-state index is 5.92. The molecular formula is C10H15ClN4. The molecule has 1 saturated heterocycles. The molecule has 15 heavy (non-hydrogen) atoms. The lowest BCUT2D eigenvalue weighted by Crippen LogP contribution is -2.50. The Kier molecular flexibility index (Phi) is 3.07. The largest absolute Gasteiger partial charge is 0.351 e. The molecule has 1 atom stereocenters. The van der Waals surface area contributed by atoms with Gasteiger partial charge in [0.1, 0.15) is 16.8 Å². The number of halogens is 1. The van der Waals surface area contributed by atoms with Gasteiger partial charge in [0.15, 0.2) is 0 Å². The van der Waals surface area contributed by atoms with Gasteiger partial charge in [-0.15, -0.1) is 0 Å². The fraction of sp³-hybridized carbons (Fsp3) is 0.600. The molecule has 1 N–H and O–H groups in total. The Morgan fingerprint density at radius 3 is 3.00 bits per heavy atom. The van der Waals surface area contributed by atoms with Crippen LogP contribution in [-0.2, 0) is 0 Å². The predicted octanol–water partition coefficient (Wildman–Crippen LogP) is 1.24. The molecule has 0 aliphatic carbocycles. The predicted molar refractivity (Wildman–Crippen MR) is 61.5 cm³/mol. The Balaban J connectivity index is 2.27. The minimum absolute atomic E-state index is 0.448. The summed E-state index contributed by atoms with van der Waals surface area (Å²) in [5, 5.41) is 3.86. The number of nitrogens with one attached hydrogen (secondary N) is 1. The SMILES string of the molecule is Cc1nc(Cl)cc(N2CCNCC2C)n1. The van der Waals surface area contributed by atoms with Gasteiger partial charge < -0.3 is 10.2 Å². The molecule has 0 amide bonds. The lowest BCUT2D eigenvalue weighted by Gasteiger charge is -2.34. The van der Waals surface area contributed by atoms with Crippen LogP contribution in [0.25, 0.3) is 0 Å². The Labute approximate surface area is 94.7 Å². The van der Waals surface area contributed by atoms with Crippen LogP contribution in [0.1, 0.15) is 12.7 Å². The lowest BCUT2D eigenvalue weighted by atomic mass is 10.2. The quantitative estimate of drug-likeness (QED) is 0.732. The second kappa shape index (κ2) is 4.33. The minimum Gasteiger partial charge on any atom is -0.351 e. The van der Waals surface area contributed by atoms with Crippen LogP contribution in [-0.4, -0.2) is 35.6 Å². The molecule has 1 aromatic heterocycles. The van der Waals surface area contributed by atoms with Crippen LogP contribution in [0, 0.1) is 6.92 Å². The normalized spacial score (nSPS) is 21.8. The number of hydrogen-bond donors (Lipinski definition) is 1. The topological polar surface area (TPSA) is 41.1 Å². The molecule has 82 valence electrons. The van der Waals surface area contributed by atoms with Gasteiger partial charge in [-0.25, -0.2) is 9.97 Å². The van der Waals surface area contributed by atoms with Gasteiger partial charge in [0, 0.05) is 31.7 Å². The van der Waals surface area contributed by atoms with Crippen molar-refractivity contribution >= 4 is 17.4 Å². The van der Waals surface area contributed by atoms with Crippen molar-refractivity contribution in [1.82, 2.24) is 15.3 Å². The zero-order chi connectivity index (χ0) is 10.8. The number of nitrogens with zero attached hydrogens (tertiary/aromatic N) is 3. The van der Waals surface area contributed by atoms with Crippen LogP contribution >= 0.6 is 11.6 Å². The molecular weight excluding hydrogens is 212 g/mol. The van der Waals surface area contributed by atoms with E-state index in [2.05, 4.69) is 27.1 Å². The second-order valence-corrected chi connectivity index (χ2v) is 4.23. The van der Waals surface area contributed by atoms with Gasteiger partial charge in [-0.1, -0.05) is 11.6 Å². The summed E-state index contributed by atoms with van der Waals surface area (Å²) in [5.41, 5.74) is 0. The van der Waals surface area contributed by atoms with Gasteiger partial charge >= 0.3 is 0 Å². The molecule has 4 nitrogen and oxygen atoms in total. The molecule has 1 unspecified atom stereocenters. The number of piperazine rings is 1. The first-order chi connectivity index (χ1) is 7.16. The molecule has 1 aliphatic rings. The first kappa shape index (κ1) is 10.6. The summed E-state index contributed by atoms with van der Waals surface area (Å²) < 4.78 is 0. The molecule has 1 aromatic rings. The third-order valence-electron chi connectivity index (χ3n) is 2.59. The summed E-state index contributed by atoms with van der Waals surface area (Å²) in [4.78, 5) is 10.7. The Morgan fingerprint density at radius 1 is 1.53 bits per heavy atom. The maximum Gasteiger partial charge on any atom is 0.134 e. The van der Waals surface area contributed by atoms with E-state index in [4.69, 9.17) is 11.6 Å². The van der Waals surface area contributed by atoms with Gasteiger partial charge in [-0.2, -0.15) is 0 Å². The third kappa shape index (κ3) is 2.38. The van der Waals surface area contributed by atoms with E-state index in [0.717, 1.165) is 31.3 Å². The first-order valence-corrected chi connectivity index (χ1v) is 5.53. The van der Waals surface area contributed by atoms with Crippen LogP contribution in [0.4, 0.5) is 5.82 Å². The fourth-order valence-electron chi connectivity index (χ4n) is 1.84. The smallest absolute Gasteiger partial charge is 0.134 e. The molecule has 2 rings (SSSR count). The van der Waals surface area contributed by atoms with E-state index in [1.807, 2.05) is 13.0 Å². The summed E-state index contributed by atoms with van der Waals surface area (Å²) in [6.07, 6.45) is 0. The maximum absolute atomic E-state index is 5.92. The molecule has 0 aromatic carbocycles. The van der Waals surface area contributed by atoms with Crippen LogP contribution in [0.2, 0.25) is 5.15 Å². The number of rotatable bonds is 1. The number of aryl methyl sites for hydroxylation is 1. The summed E-state index contributed by atoms with van der Waals surface area (Å²) in [5.74, 6) is 1.66. The molecule has 0 saturated carbocycles. The highest BCUT2D eigenvalue weighted by molar-refractivity contribution is 6.29. The van der Waals surface area contributed by atoms with Crippen molar-refractivity contribution in [3.8, 4) is 0 Å². The lowest BCUT2D eigenvalue weighted by molar-refractivity contribution is 0.496. The molecule has 5 heteroatoms. The van der Waals surface area contributed by atoms with E-state index in [0.29, 0.717) is 11.2 Å². The van der Waals surface area contributed by atoms with Gasteiger partial charge in [-0.3, -0.25) is 0 Å². The van der Waals surface area contributed by atoms with Crippen molar-refractivity contribution in [2.45, 2.75) is 19.9 Å². The third-order valence-corrected chi connectivity index (χ3v) is 2.78. The fourth-order valence-corrected chi connectivity index (χ4v) is 2.06. The van der Waals surface area contributed by atoms with Crippen molar-refractivity contribution in [3.05, 3.63) is 17.0 Å². The highest BCUT2D eigenvalue weighted by Crippen LogP contribution is 2.18. The molecule has 1 fully saturated rings. The number of hydrogen-bond acceptors (Lipinski definition) is 4. The Bertz CT molecular complexity index is 335. The van der Waals surface area contributed by atoms with Crippen molar-refractivity contribution < 1.29 is 0 Å². The van der Waals surface area contributed by atoms with Crippen LogP contribution in [0.15, 0.2) is 6.07 Å². The van der Waals surface area contributed by atoms with E-state index in [1.165, 1.54) is 0 Å². The first-order valence-electron chi connectivity index (χ1n) is 5.15. The second-order valence-electron chi connectivity index (χ2n) is 3.84. The average molecular weight is 227 g/mol. The van der Waals surface area contributed by atoms with E-state index >= 15 is 0 Å². The highest BCUT2D eigenvalue weighted by atomic mass is 35.5. The monoisotopic (exact) mass is 226 g/mol. The van der Waals surface area contributed by atoms with E-state index in [9.17, 15) is 0 Å². The van der Waals surface area contributed by atoms with Crippen molar-refractivity contribution in [2.24, 2.45) is 0 Å². The van der Waals surface area contributed by atoms with Crippen molar-refractivity contribution in [2.75, 3.05) is 24.5 Å². The minimum atomic E-state index is 0.448. The van der Waals surface area contributed by atoms with Crippen molar-refractivity contribution in [3.63, 3.8) is 0 Å². The van der Waals surface area contributed by atoms with E-state index in [1.54, 1.807) is 0 Å². The standard InChI is InChI=1S/C10H15ClN4/c1-7-6-12-3-4-15(7)10-5-9(11)13-8(2)14-10/h5,7,12H,3-4,6H2,1-2H3. The van der Waals surface area contributed by atoms with Gasteiger partial charge in [0.05, 0.1) is 0 Å². The molecule has 0 radical (unpaired) electrons. The van der Waals surface area contributed by atoms with E-state index < -0.39 is 0 Å². The summed E-state index contributed by atoms with van der Waals surface area (Å²) in [7, 11) is 0. The van der Waals surface area contributed by atoms with Gasteiger partial charge in [0.2, 0.25) is 0 Å². The zero-order valence-corrected chi connectivity index (χ0v) is 9.75. The summed E-state index contributed by atoms with van der Waals surface area (Å²) in [6, 6.07) is 2.28. The Morgan fingerprint density at radius 2 is 2.33 bits per heavy atom. The summed E-state index contributed by atoms with van der Waals surface area (Å²) >= 11 is 5.92. The highest BCUT2D eigenvalue weighted by Gasteiger charge is 2.19. The zero-order valence-electron chi connectivity index (χ0n) is 9.00. The van der Waals surface area contributed by atoms with E-state index in [-0.39, 0.29) is 0 Å². The molecule has 1 aliphatic heterocycles. The molecule has 2 heterocycles. The van der Waals surface area contributed by atoms with Gasteiger partial charge in [0.25, 0.3) is 0 Å². The average Bonchev–Trinajstić information content (AvgIpc) is 2.16. The van der Waals surface area contributed by atoms with Crippen LogP contribution in [0.5, 0.6) is 0 Å². The number of aromatic nitrogens is 2. The summed E-state index contributed by atoms with van der Waals surface area (Å²) in [6.45, 7) is 6.99. The Hall–Kier alpha value is -0.870.